The molecule has 1 aliphatic rings. The van der Waals surface area contributed by atoms with Crippen LogP contribution in [0, 0.1) is 5.92 Å². The molecule has 0 aromatic rings. The fourth-order valence-electron chi connectivity index (χ4n) is 2.07. The molecule has 7 heteroatoms. The van der Waals surface area contributed by atoms with E-state index in [1.165, 1.54) is 6.92 Å². The maximum Gasteiger partial charge on any atom is 0.314 e. The zero-order valence-corrected chi connectivity index (χ0v) is 13.1. The predicted molar refractivity (Wildman–Crippen MR) is 79.7 cm³/mol. The van der Waals surface area contributed by atoms with Gasteiger partial charge in [0, 0.05) is 52.6 Å². The van der Waals surface area contributed by atoms with Crippen LogP contribution < -0.4 is 10.6 Å². The Labute approximate surface area is 126 Å². The Morgan fingerprint density at radius 2 is 1.57 bits per heavy atom. The van der Waals surface area contributed by atoms with Crippen LogP contribution in [0.4, 0.5) is 4.79 Å². The van der Waals surface area contributed by atoms with E-state index in [1.807, 2.05) is 13.8 Å². The van der Waals surface area contributed by atoms with E-state index in [9.17, 15) is 14.4 Å². The van der Waals surface area contributed by atoms with Gasteiger partial charge in [0.05, 0.1) is 0 Å². The molecule has 0 aromatic carbocycles. The molecule has 0 saturated carbocycles. The minimum Gasteiger partial charge on any atom is -0.339 e. The van der Waals surface area contributed by atoms with E-state index >= 15 is 0 Å². The molecule has 0 aliphatic carbocycles. The van der Waals surface area contributed by atoms with Gasteiger partial charge in [0.15, 0.2) is 0 Å². The van der Waals surface area contributed by atoms with Gasteiger partial charge in [0.25, 0.3) is 0 Å². The summed E-state index contributed by atoms with van der Waals surface area (Å²) in [5.74, 6) is 0.461. The van der Waals surface area contributed by atoms with Crippen LogP contribution >= 0.6 is 0 Å². The summed E-state index contributed by atoms with van der Waals surface area (Å²) in [4.78, 5) is 38.1. The maximum absolute atomic E-state index is 12.0. The first-order chi connectivity index (χ1) is 9.90. The Hall–Kier alpha value is -1.79. The van der Waals surface area contributed by atoms with Crippen LogP contribution in [0.25, 0.3) is 0 Å². The number of hydrogen-bond acceptors (Lipinski definition) is 3. The predicted octanol–water partition coefficient (Wildman–Crippen LogP) is 0.0224. The van der Waals surface area contributed by atoms with Crippen molar-refractivity contribution in [2.75, 3.05) is 39.3 Å². The van der Waals surface area contributed by atoms with Gasteiger partial charge in [-0.15, -0.1) is 0 Å². The molecule has 1 rings (SSSR count). The molecule has 4 amide bonds. The lowest BCUT2D eigenvalue weighted by Gasteiger charge is -2.34. The molecule has 1 heterocycles. The van der Waals surface area contributed by atoms with E-state index < -0.39 is 0 Å². The lowest BCUT2D eigenvalue weighted by atomic mass is 10.2. The number of amides is 4. The van der Waals surface area contributed by atoms with Gasteiger partial charge in [0.2, 0.25) is 11.8 Å². The Kier molecular flexibility index (Phi) is 6.98. The zero-order chi connectivity index (χ0) is 15.8. The average Bonchev–Trinajstić information content (AvgIpc) is 2.45. The zero-order valence-electron chi connectivity index (χ0n) is 13.1. The molecule has 0 aromatic heterocycles. The maximum atomic E-state index is 12.0. The van der Waals surface area contributed by atoms with Crippen molar-refractivity contribution in [2.45, 2.75) is 27.2 Å². The number of nitrogens with one attached hydrogen (secondary N) is 2. The van der Waals surface area contributed by atoms with E-state index in [2.05, 4.69) is 10.6 Å². The highest BCUT2D eigenvalue weighted by atomic mass is 16.2. The second-order valence-electron chi connectivity index (χ2n) is 5.67. The summed E-state index contributed by atoms with van der Waals surface area (Å²) in [6, 6.07) is -0.238. The Bertz CT molecular complexity index is 376. The largest absolute Gasteiger partial charge is 0.339 e. The fourth-order valence-corrected chi connectivity index (χ4v) is 2.07. The standard InChI is InChI=1S/C14H26N4O3/c1-11(2)10-16-14(21)15-5-4-13(20)18-8-6-17(7-9-18)12(3)19/h11H,4-10H2,1-3H3,(H2,15,16,21). The van der Waals surface area contributed by atoms with Crippen LogP contribution in [0.3, 0.4) is 0 Å². The molecule has 0 bridgehead atoms. The van der Waals surface area contributed by atoms with Crippen molar-refractivity contribution in [2.24, 2.45) is 5.92 Å². The molecule has 0 unspecified atom stereocenters. The number of piperazine rings is 1. The molecule has 7 nitrogen and oxygen atoms in total. The van der Waals surface area contributed by atoms with Crippen molar-refractivity contribution >= 4 is 17.8 Å². The third kappa shape index (κ3) is 6.46. The van der Waals surface area contributed by atoms with Gasteiger partial charge in [-0.1, -0.05) is 13.8 Å². The molecule has 1 saturated heterocycles. The second-order valence-corrected chi connectivity index (χ2v) is 5.67. The van der Waals surface area contributed by atoms with Gasteiger partial charge in [-0.25, -0.2) is 4.79 Å². The first-order valence-corrected chi connectivity index (χ1v) is 7.45. The summed E-state index contributed by atoms with van der Waals surface area (Å²) in [6.45, 7) is 8.83. The monoisotopic (exact) mass is 298 g/mol. The first-order valence-electron chi connectivity index (χ1n) is 7.45. The smallest absolute Gasteiger partial charge is 0.314 e. The molecular formula is C14H26N4O3. The lowest BCUT2D eigenvalue weighted by Crippen LogP contribution is -2.50. The van der Waals surface area contributed by atoms with Gasteiger partial charge in [-0.3, -0.25) is 9.59 Å². The topological polar surface area (TPSA) is 81.8 Å². The average molecular weight is 298 g/mol. The van der Waals surface area contributed by atoms with Gasteiger partial charge in [-0.05, 0) is 5.92 Å². The molecule has 120 valence electrons. The molecular weight excluding hydrogens is 272 g/mol. The first kappa shape index (κ1) is 17.3. The molecule has 0 atom stereocenters. The van der Waals surface area contributed by atoms with E-state index in [0.717, 1.165) is 0 Å². The van der Waals surface area contributed by atoms with E-state index in [1.54, 1.807) is 9.80 Å². The molecule has 1 aliphatic heterocycles. The molecule has 2 N–H and O–H groups in total. The van der Waals surface area contributed by atoms with Crippen molar-refractivity contribution in [3.05, 3.63) is 0 Å². The number of hydrogen-bond donors (Lipinski definition) is 2. The van der Waals surface area contributed by atoms with Crippen molar-refractivity contribution in [3.63, 3.8) is 0 Å². The number of carbonyl (C=O) groups excluding carboxylic acids is 3. The van der Waals surface area contributed by atoms with Gasteiger partial charge in [0.1, 0.15) is 0 Å². The van der Waals surface area contributed by atoms with Crippen molar-refractivity contribution in [1.29, 1.82) is 0 Å². The Morgan fingerprint density at radius 3 is 2.10 bits per heavy atom. The second kappa shape index (κ2) is 8.49. The minimum absolute atomic E-state index is 0.0161. The summed E-state index contributed by atoms with van der Waals surface area (Å²) in [5.41, 5.74) is 0. The van der Waals surface area contributed by atoms with Crippen molar-refractivity contribution < 1.29 is 14.4 Å². The van der Waals surface area contributed by atoms with E-state index in [-0.39, 0.29) is 24.3 Å². The summed E-state index contributed by atoms with van der Waals surface area (Å²) in [7, 11) is 0. The van der Waals surface area contributed by atoms with Crippen molar-refractivity contribution in [3.8, 4) is 0 Å². The summed E-state index contributed by atoms with van der Waals surface area (Å²) < 4.78 is 0. The van der Waals surface area contributed by atoms with Crippen LogP contribution in [0.2, 0.25) is 0 Å². The Morgan fingerprint density at radius 1 is 1.00 bits per heavy atom. The number of urea groups is 1. The number of rotatable bonds is 5. The lowest BCUT2D eigenvalue weighted by molar-refractivity contribution is -0.138. The fraction of sp³-hybridized carbons (Fsp3) is 0.786. The molecule has 0 radical (unpaired) electrons. The highest BCUT2D eigenvalue weighted by Gasteiger charge is 2.21. The van der Waals surface area contributed by atoms with Crippen LogP contribution in [-0.4, -0.2) is 66.9 Å². The Balaban J connectivity index is 2.17. The molecule has 1 fully saturated rings. The summed E-state index contributed by atoms with van der Waals surface area (Å²) in [6.07, 6.45) is 0.287. The van der Waals surface area contributed by atoms with Crippen LogP contribution in [0.15, 0.2) is 0 Å². The normalized spacial score (nSPS) is 15.0. The van der Waals surface area contributed by atoms with Gasteiger partial charge < -0.3 is 20.4 Å². The highest BCUT2D eigenvalue weighted by Crippen LogP contribution is 2.03. The van der Waals surface area contributed by atoms with E-state index in [4.69, 9.17) is 0 Å². The highest BCUT2D eigenvalue weighted by molar-refractivity contribution is 5.79. The quantitative estimate of drug-likeness (QED) is 0.751. The molecule has 21 heavy (non-hydrogen) atoms. The third-order valence-electron chi connectivity index (χ3n) is 3.37. The minimum atomic E-state index is -0.238. The van der Waals surface area contributed by atoms with Crippen molar-refractivity contribution in [1.82, 2.24) is 20.4 Å². The van der Waals surface area contributed by atoms with Gasteiger partial charge in [-0.2, -0.15) is 0 Å². The van der Waals surface area contributed by atoms with Crippen LogP contribution in [0.1, 0.15) is 27.2 Å². The number of nitrogens with zero attached hydrogens (tertiary/aromatic N) is 2. The third-order valence-corrected chi connectivity index (χ3v) is 3.37. The number of carbonyl (C=O) groups is 3. The summed E-state index contributed by atoms with van der Waals surface area (Å²) in [5, 5.41) is 5.41. The SMILES string of the molecule is CC(=O)N1CCN(C(=O)CCNC(=O)NCC(C)C)CC1. The van der Waals surface area contributed by atoms with Crippen LogP contribution in [0.5, 0.6) is 0 Å². The van der Waals surface area contributed by atoms with E-state index in [0.29, 0.717) is 45.2 Å². The van der Waals surface area contributed by atoms with Gasteiger partial charge >= 0.3 is 6.03 Å². The van der Waals surface area contributed by atoms with Crippen LogP contribution in [-0.2, 0) is 9.59 Å². The summed E-state index contributed by atoms with van der Waals surface area (Å²) >= 11 is 0. The molecule has 0 spiro atoms.